The zero-order chi connectivity index (χ0) is 10.7. The number of aromatic nitrogens is 1. The average Bonchev–Trinajstić information content (AvgIpc) is 2.30. The van der Waals surface area contributed by atoms with Gasteiger partial charge >= 0.3 is 0 Å². The first-order valence-corrected chi connectivity index (χ1v) is 4.85. The van der Waals surface area contributed by atoms with Crippen LogP contribution in [0.3, 0.4) is 0 Å². The van der Waals surface area contributed by atoms with E-state index in [2.05, 4.69) is 11.1 Å². The molecule has 0 atom stereocenters. The fraction of sp³-hybridized carbons (Fsp3) is 0.0833. The van der Waals surface area contributed by atoms with Gasteiger partial charge in [0.05, 0.1) is 7.11 Å². The zero-order valence-corrected chi connectivity index (χ0v) is 8.95. The lowest BCUT2D eigenvalue weighted by Gasteiger charge is -2.02. The van der Waals surface area contributed by atoms with Crippen LogP contribution in [0.4, 0.5) is 0 Å². The number of halogens is 1. The van der Waals surface area contributed by atoms with Gasteiger partial charge in [-0.1, -0.05) is 23.7 Å². The first kappa shape index (κ1) is 9.99. The maximum Gasteiger partial charge on any atom is 0.221 e. The Morgan fingerprint density at radius 3 is 2.47 bits per heavy atom. The normalized spacial score (nSPS) is 10.0. The third kappa shape index (κ3) is 2.28. The van der Waals surface area contributed by atoms with E-state index in [1.807, 2.05) is 30.3 Å². The number of hydrogen-bond acceptors (Lipinski definition) is 2. The van der Waals surface area contributed by atoms with Gasteiger partial charge in [0.25, 0.3) is 0 Å². The highest BCUT2D eigenvalue weighted by atomic mass is 35.5. The summed E-state index contributed by atoms with van der Waals surface area (Å²) in [5.74, 6) is 0.493. The van der Waals surface area contributed by atoms with Gasteiger partial charge in [0, 0.05) is 22.8 Å². The number of benzene rings is 1. The largest absolute Gasteiger partial charge is 0.481 e. The van der Waals surface area contributed by atoms with Crippen LogP contribution in [0.5, 0.6) is 5.88 Å². The van der Waals surface area contributed by atoms with E-state index in [9.17, 15) is 0 Å². The van der Waals surface area contributed by atoms with Crippen LogP contribution in [-0.2, 0) is 0 Å². The van der Waals surface area contributed by atoms with Crippen molar-refractivity contribution in [3.8, 4) is 17.0 Å². The molecule has 2 aromatic rings. The van der Waals surface area contributed by atoms with Crippen LogP contribution in [0.15, 0.2) is 36.5 Å². The third-order valence-electron chi connectivity index (χ3n) is 2.04. The molecular weight excluding hydrogens is 210 g/mol. The summed E-state index contributed by atoms with van der Waals surface area (Å²) in [4.78, 5) is 4.09. The van der Waals surface area contributed by atoms with Crippen LogP contribution >= 0.6 is 11.6 Å². The van der Waals surface area contributed by atoms with Crippen LogP contribution in [0.1, 0.15) is 0 Å². The van der Waals surface area contributed by atoms with Crippen molar-refractivity contribution < 1.29 is 4.74 Å². The van der Waals surface area contributed by atoms with Crippen LogP contribution in [-0.4, -0.2) is 12.1 Å². The lowest BCUT2D eigenvalue weighted by molar-refractivity contribution is 0.397. The number of hydrogen-bond donors (Lipinski definition) is 0. The number of rotatable bonds is 2. The minimum absolute atomic E-state index is 0.493. The van der Waals surface area contributed by atoms with E-state index in [0.29, 0.717) is 5.88 Å². The average molecular weight is 219 g/mol. The SMILES string of the molecule is COc1[c]cc(-c2ccc(Cl)cc2)cn1. The van der Waals surface area contributed by atoms with E-state index in [1.165, 1.54) is 0 Å². The van der Waals surface area contributed by atoms with Gasteiger partial charge in [-0.3, -0.25) is 0 Å². The highest BCUT2D eigenvalue weighted by molar-refractivity contribution is 6.30. The highest BCUT2D eigenvalue weighted by Gasteiger charge is 1.99. The molecule has 75 valence electrons. The molecule has 3 heteroatoms. The Kier molecular flexibility index (Phi) is 2.88. The third-order valence-corrected chi connectivity index (χ3v) is 2.29. The summed E-state index contributed by atoms with van der Waals surface area (Å²) in [5.41, 5.74) is 2.05. The first-order chi connectivity index (χ1) is 7.29. The minimum Gasteiger partial charge on any atom is -0.481 e. The lowest BCUT2D eigenvalue weighted by atomic mass is 10.1. The van der Waals surface area contributed by atoms with E-state index in [-0.39, 0.29) is 0 Å². The van der Waals surface area contributed by atoms with Crippen molar-refractivity contribution in [2.45, 2.75) is 0 Å². The molecule has 1 aromatic carbocycles. The number of pyridine rings is 1. The molecule has 1 aromatic heterocycles. The molecular formula is C12H9ClNO. The molecule has 0 saturated carbocycles. The fourth-order valence-corrected chi connectivity index (χ4v) is 1.38. The Labute approximate surface area is 93.5 Å². The Morgan fingerprint density at radius 1 is 1.20 bits per heavy atom. The Hall–Kier alpha value is -1.54. The summed E-state index contributed by atoms with van der Waals surface area (Å²) in [6.07, 6.45) is 1.75. The van der Waals surface area contributed by atoms with Crippen LogP contribution in [0, 0.1) is 6.07 Å². The Balaban J connectivity index is 2.33. The molecule has 0 aliphatic heterocycles. The van der Waals surface area contributed by atoms with E-state index < -0.39 is 0 Å². The Morgan fingerprint density at radius 2 is 1.93 bits per heavy atom. The molecule has 1 heterocycles. The summed E-state index contributed by atoms with van der Waals surface area (Å²) < 4.78 is 4.94. The van der Waals surface area contributed by atoms with Gasteiger partial charge in [0.15, 0.2) is 0 Å². The fourth-order valence-electron chi connectivity index (χ4n) is 1.25. The van der Waals surface area contributed by atoms with Crippen molar-refractivity contribution in [2.75, 3.05) is 7.11 Å². The van der Waals surface area contributed by atoms with E-state index in [0.717, 1.165) is 16.1 Å². The second kappa shape index (κ2) is 4.32. The van der Waals surface area contributed by atoms with Crippen LogP contribution < -0.4 is 4.74 Å². The van der Waals surface area contributed by atoms with Crippen LogP contribution in [0.2, 0.25) is 5.02 Å². The van der Waals surface area contributed by atoms with Crippen molar-refractivity contribution in [2.24, 2.45) is 0 Å². The topological polar surface area (TPSA) is 22.1 Å². The molecule has 0 fully saturated rings. The maximum absolute atomic E-state index is 5.80. The summed E-state index contributed by atoms with van der Waals surface area (Å²) in [6, 6.07) is 12.4. The zero-order valence-electron chi connectivity index (χ0n) is 8.20. The summed E-state index contributed by atoms with van der Waals surface area (Å²) >= 11 is 5.80. The standard InChI is InChI=1S/C12H9ClNO/c1-15-12-7-4-10(8-14-12)9-2-5-11(13)6-3-9/h2-6,8H,1H3. The van der Waals surface area contributed by atoms with Gasteiger partial charge in [0.2, 0.25) is 5.88 Å². The van der Waals surface area contributed by atoms with Crippen molar-refractivity contribution in [1.82, 2.24) is 4.98 Å². The van der Waals surface area contributed by atoms with E-state index in [4.69, 9.17) is 16.3 Å². The molecule has 2 nitrogen and oxygen atoms in total. The van der Waals surface area contributed by atoms with Gasteiger partial charge < -0.3 is 4.74 Å². The molecule has 0 spiro atoms. The molecule has 0 N–H and O–H groups in total. The Bertz CT molecular complexity index is 436. The molecule has 0 saturated heterocycles. The second-order valence-corrected chi connectivity index (χ2v) is 3.45. The first-order valence-electron chi connectivity index (χ1n) is 4.47. The number of ether oxygens (including phenoxy) is 1. The van der Waals surface area contributed by atoms with Crippen molar-refractivity contribution in [1.29, 1.82) is 0 Å². The maximum atomic E-state index is 5.80. The van der Waals surface area contributed by atoms with Crippen LogP contribution in [0.25, 0.3) is 11.1 Å². The van der Waals surface area contributed by atoms with Crippen molar-refractivity contribution in [3.05, 3.63) is 47.6 Å². The molecule has 2 rings (SSSR count). The lowest BCUT2D eigenvalue weighted by Crippen LogP contribution is -1.87. The summed E-state index contributed by atoms with van der Waals surface area (Å²) in [6.45, 7) is 0. The summed E-state index contributed by atoms with van der Waals surface area (Å²) in [5, 5.41) is 0.726. The highest BCUT2D eigenvalue weighted by Crippen LogP contribution is 2.21. The molecule has 1 radical (unpaired) electrons. The van der Waals surface area contributed by atoms with Gasteiger partial charge in [0.1, 0.15) is 0 Å². The molecule has 15 heavy (non-hydrogen) atoms. The quantitative estimate of drug-likeness (QED) is 0.772. The predicted molar refractivity (Wildman–Crippen MR) is 60.1 cm³/mol. The molecule has 0 aliphatic carbocycles. The van der Waals surface area contributed by atoms with Gasteiger partial charge in [-0.2, -0.15) is 0 Å². The molecule has 0 bridgehead atoms. The minimum atomic E-state index is 0.493. The molecule has 0 aliphatic rings. The van der Waals surface area contributed by atoms with Crippen molar-refractivity contribution in [3.63, 3.8) is 0 Å². The monoisotopic (exact) mass is 218 g/mol. The molecule has 0 amide bonds. The molecule has 0 unspecified atom stereocenters. The number of methoxy groups -OCH3 is 1. The van der Waals surface area contributed by atoms with Gasteiger partial charge in [-0.15, -0.1) is 0 Å². The van der Waals surface area contributed by atoms with Crippen molar-refractivity contribution >= 4 is 11.6 Å². The predicted octanol–water partition coefficient (Wildman–Crippen LogP) is 3.21. The van der Waals surface area contributed by atoms with E-state index >= 15 is 0 Å². The van der Waals surface area contributed by atoms with Gasteiger partial charge in [-0.05, 0) is 23.8 Å². The van der Waals surface area contributed by atoms with Gasteiger partial charge in [-0.25, -0.2) is 4.98 Å². The second-order valence-electron chi connectivity index (χ2n) is 3.02. The smallest absolute Gasteiger partial charge is 0.221 e. The summed E-state index contributed by atoms with van der Waals surface area (Å²) in [7, 11) is 1.57. The number of nitrogens with zero attached hydrogens (tertiary/aromatic N) is 1. The van der Waals surface area contributed by atoms with E-state index in [1.54, 1.807) is 13.3 Å².